The van der Waals surface area contributed by atoms with Crippen molar-refractivity contribution >= 4 is 11.9 Å². The maximum atomic E-state index is 11.9. The topological polar surface area (TPSA) is 61.8 Å². The van der Waals surface area contributed by atoms with Crippen LogP contribution in [-0.2, 0) is 49.5 Å². The van der Waals surface area contributed by atoms with Crippen molar-refractivity contribution in [2.75, 3.05) is 27.4 Å². The molecule has 1 heterocycles. The van der Waals surface area contributed by atoms with Crippen molar-refractivity contribution < 1.29 is 23.8 Å². The van der Waals surface area contributed by atoms with E-state index >= 15 is 0 Å². The third-order valence-corrected chi connectivity index (χ3v) is 8.25. The summed E-state index contributed by atoms with van der Waals surface area (Å²) in [4.78, 5) is 23.8. The molecule has 1 fully saturated rings. The average molecular weight is 563 g/mol. The summed E-state index contributed by atoms with van der Waals surface area (Å²) in [6.07, 6.45) is 3.73. The minimum absolute atomic E-state index is 0.0336. The van der Waals surface area contributed by atoms with Gasteiger partial charge in [0.2, 0.25) is 0 Å². The Balaban J connectivity index is 1.43. The van der Waals surface area contributed by atoms with Gasteiger partial charge in [-0.25, -0.2) is 0 Å². The number of methoxy groups -OCH3 is 2. The summed E-state index contributed by atoms with van der Waals surface area (Å²) in [5.41, 5.74) is 9.53. The summed E-state index contributed by atoms with van der Waals surface area (Å²) < 4.78 is 15.7. The lowest BCUT2D eigenvalue weighted by molar-refractivity contribution is -0.141. The number of hydrogen-bond acceptors (Lipinski definition) is 5. The first-order valence-corrected chi connectivity index (χ1v) is 14.6. The number of benzene rings is 4. The van der Waals surface area contributed by atoms with Crippen LogP contribution in [0.5, 0.6) is 0 Å². The number of rotatable bonds is 12. The molecule has 216 valence electrons. The van der Waals surface area contributed by atoms with E-state index in [0.29, 0.717) is 38.9 Å². The molecule has 1 aliphatic heterocycles. The van der Waals surface area contributed by atoms with Crippen molar-refractivity contribution in [1.29, 1.82) is 0 Å². The Bertz CT molecular complexity index is 1420. The first-order valence-electron chi connectivity index (χ1n) is 14.6. The highest BCUT2D eigenvalue weighted by Gasteiger charge is 2.40. The molecule has 5 rings (SSSR count). The molecular weight excluding hydrogens is 524 g/mol. The minimum Gasteiger partial charge on any atom is -0.469 e. The van der Waals surface area contributed by atoms with E-state index in [9.17, 15) is 9.59 Å². The van der Waals surface area contributed by atoms with E-state index < -0.39 is 0 Å². The molecular formula is C37H38O5. The van der Waals surface area contributed by atoms with Crippen LogP contribution in [0, 0.1) is 5.41 Å². The number of esters is 2. The van der Waals surface area contributed by atoms with Gasteiger partial charge in [-0.05, 0) is 70.2 Å². The Labute approximate surface area is 248 Å². The molecule has 0 bridgehead atoms. The van der Waals surface area contributed by atoms with Crippen molar-refractivity contribution in [3.8, 4) is 22.3 Å². The highest BCUT2D eigenvalue weighted by atomic mass is 16.5. The third kappa shape index (κ3) is 6.80. The highest BCUT2D eigenvalue weighted by molar-refractivity contribution is 5.75. The van der Waals surface area contributed by atoms with Crippen LogP contribution in [0.3, 0.4) is 0 Å². The second-order valence-electron chi connectivity index (χ2n) is 11.1. The number of hydrogen-bond donors (Lipinski definition) is 0. The number of aryl methyl sites for hydroxylation is 2. The van der Waals surface area contributed by atoms with E-state index in [1.54, 1.807) is 0 Å². The van der Waals surface area contributed by atoms with Gasteiger partial charge in [-0.2, -0.15) is 0 Å². The maximum absolute atomic E-state index is 11.9. The van der Waals surface area contributed by atoms with Gasteiger partial charge in [0.25, 0.3) is 0 Å². The summed E-state index contributed by atoms with van der Waals surface area (Å²) in [6.45, 7) is 1.40. The molecule has 42 heavy (non-hydrogen) atoms. The maximum Gasteiger partial charge on any atom is 0.305 e. The van der Waals surface area contributed by atoms with Gasteiger partial charge in [0.1, 0.15) is 0 Å². The van der Waals surface area contributed by atoms with Crippen LogP contribution < -0.4 is 0 Å². The van der Waals surface area contributed by atoms with E-state index in [4.69, 9.17) is 14.2 Å². The van der Waals surface area contributed by atoms with Gasteiger partial charge >= 0.3 is 11.9 Å². The van der Waals surface area contributed by atoms with Crippen LogP contribution in [0.15, 0.2) is 97.1 Å². The van der Waals surface area contributed by atoms with Crippen molar-refractivity contribution in [2.24, 2.45) is 5.41 Å². The largest absolute Gasteiger partial charge is 0.469 e. The molecule has 0 atom stereocenters. The summed E-state index contributed by atoms with van der Waals surface area (Å²) in [7, 11) is 2.87. The number of ether oxygens (including phenoxy) is 3. The number of carbonyl (C=O) groups excluding carboxylic acids is 2. The van der Waals surface area contributed by atoms with Crippen molar-refractivity contribution in [2.45, 2.75) is 38.5 Å². The Morgan fingerprint density at radius 2 is 0.905 bits per heavy atom. The van der Waals surface area contributed by atoms with Gasteiger partial charge in [0, 0.05) is 18.3 Å². The average Bonchev–Trinajstić information content (AvgIpc) is 3.02. The molecule has 1 saturated heterocycles. The molecule has 1 aliphatic rings. The zero-order valence-corrected chi connectivity index (χ0v) is 24.4. The summed E-state index contributed by atoms with van der Waals surface area (Å²) in [5, 5.41) is 0. The van der Waals surface area contributed by atoms with Crippen LogP contribution in [0.2, 0.25) is 0 Å². The van der Waals surface area contributed by atoms with Crippen LogP contribution >= 0.6 is 0 Å². The molecule has 0 aliphatic carbocycles. The van der Waals surface area contributed by atoms with Crippen LogP contribution in [0.25, 0.3) is 22.3 Å². The Morgan fingerprint density at radius 3 is 1.24 bits per heavy atom. The van der Waals surface area contributed by atoms with Gasteiger partial charge in [-0.15, -0.1) is 0 Å². The molecule has 0 saturated carbocycles. The van der Waals surface area contributed by atoms with Gasteiger partial charge in [0.05, 0.1) is 27.4 Å². The summed E-state index contributed by atoms with van der Waals surface area (Å²) in [5.74, 6) is -0.400. The second-order valence-corrected chi connectivity index (χ2v) is 11.1. The van der Waals surface area contributed by atoms with E-state index in [0.717, 1.165) is 35.1 Å². The zero-order valence-electron chi connectivity index (χ0n) is 24.4. The Kier molecular flexibility index (Phi) is 9.50. The Hall–Kier alpha value is -4.22. The fourth-order valence-corrected chi connectivity index (χ4v) is 6.02. The van der Waals surface area contributed by atoms with Gasteiger partial charge in [-0.3, -0.25) is 9.59 Å². The van der Waals surface area contributed by atoms with E-state index in [1.165, 1.54) is 36.5 Å². The molecule has 5 heteroatoms. The molecule has 0 N–H and O–H groups in total. The lowest BCUT2D eigenvalue weighted by Gasteiger charge is -2.43. The van der Waals surface area contributed by atoms with Crippen molar-refractivity contribution in [1.82, 2.24) is 0 Å². The van der Waals surface area contributed by atoms with Crippen LogP contribution in [-0.4, -0.2) is 39.4 Å². The fourth-order valence-electron chi connectivity index (χ4n) is 6.02. The SMILES string of the molecule is COC(=O)CCc1ccccc1-c1ccccc1CC1(Cc2ccccc2-c2ccccc2CCC(=O)OC)COC1. The predicted molar refractivity (Wildman–Crippen MR) is 165 cm³/mol. The molecule has 4 aromatic rings. The standard InChI is InChI=1S/C37H38O5/c1-40-35(38)21-19-27-11-3-7-15-31(27)33-17-9-5-13-29(33)23-37(25-42-26-37)24-30-14-6-10-18-34(30)32-16-8-4-12-28(32)20-22-36(39)41-2/h3-18H,19-26H2,1-2H3. The van der Waals surface area contributed by atoms with Gasteiger partial charge in [0.15, 0.2) is 0 Å². The van der Waals surface area contributed by atoms with Gasteiger partial charge < -0.3 is 14.2 Å². The minimum atomic E-state index is -0.200. The lowest BCUT2D eigenvalue weighted by Crippen LogP contribution is -2.46. The molecule has 0 amide bonds. The van der Waals surface area contributed by atoms with Crippen LogP contribution in [0.4, 0.5) is 0 Å². The van der Waals surface area contributed by atoms with Crippen molar-refractivity contribution in [3.05, 3.63) is 119 Å². The third-order valence-electron chi connectivity index (χ3n) is 8.25. The smallest absolute Gasteiger partial charge is 0.305 e. The monoisotopic (exact) mass is 562 g/mol. The first-order chi connectivity index (χ1) is 20.5. The van der Waals surface area contributed by atoms with Gasteiger partial charge in [-0.1, -0.05) is 97.1 Å². The van der Waals surface area contributed by atoms with E-state index in [-0.39, 0.29) is 17.4 Å². The van der Waals surface area contributed by atoms with E-state index in [1.807, 2.05) is 12.1 Å². The molecule has 0 unspecified atom stereocenters. The van der Waals surface area contributed by atoms with E-state index in [2.05, 4.69) is 84.9 Å². The molecule has 4 aromatic carbocycles. The zero-order chi connectivity index (χ0) is 29.4. The molecule has 0 spiro atoms. The Morgan fingerprint density at radius 1 is 0.571 bits per heavy atom. The molecule has 0 radical (unpaired) electrons. The predicted octanol–water partition coefficient (Wildman–Crippen LogP) is 7.03. The van der Waals surface area contributed by atoms with Crippen molar-refractivity contribution in [3.63, 3.8) is 0 Å². The second kappa shape index (κ2) is 13.6. The normalized spacial score (nSPS) is 13.7. The summed E-state index contributed by atoms with van der Waals surface area (Å²) in [6, 6.07) is 33.9. The lowest BCUT2D eigenvalue weighted by atomic mass is 9.72. The quantitative estimate of drug-likeness (QED) is 0.174. The molecule has 0 aromatic heterocycles. The summed E-state index contributed by atoms with van der Waals surface area (Å²) >= 11 is 0. The fraction of sp³-hybridized carbons (Fsp3) is 0.297. The number of carbonyl (C=O) groups is 2. The first kappa shape index (κ1) is 29.3. The molecule has 5 nitrogen and oxygen atoms in total. The highest BCUT2D eigenvalue weighted by Crippen LogP contribution is 2.41. The van der Waals surface area contributed by atoms with Crippen LogP contribution in [0.1, 0.15) is 35.1 Å².